The molecule has 1 rings (SSSR count). The summed E-state index contributed by atoms with van der Waals surface area (Å²) in [6, 6.07) is 6.83. The number of benzene rings is 1. The molecule has 104 valence electrons. The van der Waals surface area contributed by atoms with Crippen LogP contribution in [-0.2, 0) is 4.79 Å². The van der Waals surface area contributed by atoms with E-state index >= 15 is 0 Å². The molecule has 0 aliphatic carbocycles. The number of hydrogen-bond acceptors (Lipinski definition) is 3. The Kier molecular flexibility index (Phi) is 6.02. The van der Waals surface area contributed by atoms with Gasteiger partial charge in [-0.1, -0.05) is 13.8 Å². The summed E-state index contributed by atoms with van der Waals surface area (Å²) in [7, 11) is 1.59. The Labute approximate surface area is 114 Å². The summed E-state index contributed by atoms with van der Waals surface area (Å²) in [5, 5.41) is 5.36. The van der Waals surface area contributed by atoms with Gasteiger partial charge in [-0.25, -0.2) is 0 Å². The lowest BCUT2D eigenvalue weighted by atomic mass is 10.2. The molecule has 0 aromatic heterocycles. The third-order valence-electron chi connectivity index (χ3n) is 2.92. The van der Waals surface area contributed by atoms with Crippen molar-refractivity contribution < 1.29 is 9.59 Å². The smallest absolute Gasteiger partial charge is 0.251 e. The second-order valence-electron chi connectivity index (χ2n) is 4.17. The molecule has 0 radical (unpaired) electrons. The fraction of sp³-hybridized carbons (Fsp3) is 0.429. The van der Waals surface area contributed by atoms with Gasteiger partial charge >= 0.3 is 0 Å². The van der Waals surface area contributed by atoms with E-state index in [4.69, 9.17) is 0 Å². The number of carbonyl (C=O) groups is 2. The average Bonchev–Trinajstić information content (AvgIpc) is 2.44. The molecule has 0 unspecified atom stereocenters. The maximum atomic E-state index is 11.8. The second-order valence-corrected chi connectivity index (χ2v) is 4.17. The van der Waals surface area contributed by atoms with Crippen LogP contribution in [0.3, 0.4) is 0 Å². The molecule has 0 aliphatic rings. The van der Waals surface area contributed by atoms with Gasteiger partial charge in [-0.15, -0.1) is 0 Å². The molecule has 1 aromatic carbocycles. The van der Waals surface area contributed by atoms with Crippen LogP contribution < -0.4 is 10.6 Å². The molecular formula is C14H21N3O2. The van der Waals surface area contributed by atoms with Crippen LogP contribution in [0.1, 0.15) is 24.2 Å². The predicted molar refractivity (Wildman–Crippen MR) is 76.2 cm³/mol. The molecule has 0 atom stereocenters. The Bertz CT molecular complexity index is 425. The molecular weight excluding hydrogens is 242 g/mol. The van der Waals surface area contributed by atoms with Crippen molar-refractivity contribution in [1.82, 2.24) is 10.2 Å². The normalized spacial score (nSPS) is 10.3. The van der Waals surface area contributed by atoms with Gasteiger partial charge in [0.05, 0.1) is 6.54 Å². The standard InChI is InChI=1S/C14H21N3O2/c1-4-17(5-2)10-13(18)16-12-8-6-11(7-9-12)14(19)15-3/h6-9H,4-5,10H2,1-3H3,(H,15,19)(H,16,18). The highest BCUT2D eigenvalue weighted by Gasteiger charge is 2.08. The van der Waals surface area contributed by atoms with Gasteiger partial charge < -0.3 is 10.6 Å². The largest absolute Gasteiger partial charge is 0.355 e. The van der Waals surface area contributed by atoms with Crippen LogP contribution in [0.15, 0.2) is 24.3 Å². The Morgan fingerprint density at radius 3 is 2.16 bits per heavy atom. The molecule has 0 saturated carbocycles. The fourth-order valence-corrected chi connectivity index (χ4v) is 1.70. The number of nitrogens with zero attached hydrogens (tertiary/aromatic N) is 1. The number of rotatable bonds is 6. The van der Waals surface area contributed by atoms with Gasteiger partial charge in [0.1, 0.15) is 0 Å². The topological polar surface area (TPSA) is 61.4 Å². The fourth-order valence-electron chi connectivity index (χ4n) is 1.70. The van der Waals surface area contributed by atoms with Crippen molar-refractivity contribution in [2.45, 2.75) is 13.8 Å². The van der Waals surface area contributed by atoms with Crippen LogP contribution in [0, 0.1) is 0 Å². The molecule has 0 saturated heterocycles. The van der Waals surface area contributed by atoms with Gasteiger partial charge in [0.15, 0.2) is 0 Å². The van der Waals surface area contributed by atoms with E-state index in [-0.39, 0.29) is 11.8 Å². The maximum absolute atomic E-state index is 11.8. The first-order valence-electron chi connectivity index (χ1n) is 6.45. The minimum Gasteiger partial charge on any atom is -0.355 e. The molecule has 0 spiro atoms. The first-order valence-corrected chi connectivity index (χ1v) is 6.45. The van der Waals surface area contributed by atoms with Crippen LogP contribution in [0.4, 0.5) is 5.69 Å². The molecule has 0 fully saturated rings. The summed E-state index contributed by atoms with van der Waals surface area (Å²) in [6.45, 7) is 6.12. The highest BCUT2D eigenvalue weighted by molar-refractivity contribution is 5.96. The number of hydrogen-bond donors (Lipinski definition) is 2. The summed E-state index contributed by atoms with van der Waals surface area (Å²) in [5.41, 5.74) is 1.27. The van der Waals surface area contributed by atoms with Gasteiger partial charge in [0.2, 0.25) is 5.91 Å². The van der Waals surface area contributed by atoms with E-state index in [0.717, 1.165) is 13.1 Å². The quantitative estimate of drug-likeness (QED) is 0.814. The van der Waals surface area contributed by atoms with Crippen molar-refractivity contribution in [1.29, 1.82) is 0 Å². The first-order chi connectivity index (χ1) is 9.10. The Balaban J connectivity index is 2.58. The highest BCUT2D eigenvalue weighted by atomic mass is 16.2. The Hall–Kier alpha value is -1.88. The van der Waals surface area contributed by atoms with Crippen molar-refractivity contribution in [3.05, 3.63) is 29.8 Å². The lowest BCUT2D eigenvalue weighted by molar-refractivity contribution is -0.117. The van der Waals surface area contributed by atoms with Gasteiger partial charge in [-0.3, -0.25) is 14.5 Å². The average molecular weight is 263 g/mol. The third kappa shape index (κ3) is 4.71. The van der Waals surface area contributed by atoms with Gasteiger partial charge in [0.25, 0.3) is 5.91 Å². The number of nitrogens with one attached hydrogen (secondary N) is 2. The zero-order valence-corrected chi connectivity index (χ0v) is 11.7. The van der Waals surface area contributed by atoms with Crippen LogP contribution in [-0.4, -0.2) is 43.4 Å². The van der Waals surface area contributed by atoms with Gasteiger partial charge in [-0.2, -0.15) is 0 Å². The Morgan fingerprint density at radius 2 is 1.68 bits per heavy atom. The monoisotopic (exact) mass is 263 g/mol. The first kappa shape index (κ1) is 15.2. The molecule has 5 heteroatoms. The van der Waals surface area contributed by atoms with Crippen LogP contribution in [0.5, 0.6) is 0 Å². The van der Waals surface area contributed by atoms with E-state index in [0.29, 0.717) is 17.8 Å². The summed E-state index contributed by atoms with van der Waals surface area (Å²) >= 11 is 0. The summed E-state index contributed by atoms with van der Waals surface area (Å²) in [5.74, 6) is -0.183. The third-order valence-corrected chi connectivity index (χ3v) is 2.92. The molecule has 0 bridgehead atoms. The number of anilines is 1. The molecule has 1 aromatic rings. The van der Waals surface area contributed by atoms with Crippen LogP contribution >= 0.6 is 0 Å². The van der Waals surface area contributed by atoms with E-state index < -0.39 is 0 Å². The zero-order chi connectivity index (χ0) is 14.3. The van der Waals surface area contributed by atoms with E-state index in [2.05, 4.69) is 10.6 Å². The zero-order valence-electron chi connectivity index (χ0n) is 11.7. The highest BCUT2D eigenvalue weighted by Crippen LogP contribution is 2.09. The van der Waals surface area contributed by atoms with E-state index in [1.54, 1.807) is 31.3 Å². The SMILES string of the molecule is CCN(CC)CC(=O)Nc1ccc(C(=O)NC)cc1. The second kappa shape index (κ2) is 7.53. The predicted octanol–water partition coefficient (Wildman–Crippen LogP) is 1.33. The maximum Gasteiger partial charge on any atom is 0.251 e. The van der Waals surface area contributed by atoms with Crippen molar-refractivity contribution in [3.8, 4) is 0 Å². The molecule has 19 heavy (non-hydrogen) atoms. The minimum absolute atomic E-state index is 0.0450. The van der Waals surface area contributed by atoms with E-state index in [1.165, 1.54) is 0 Å². The Morgan fingerprint density at radius 1 is 1.11 bits per heavy atom. The van der Waals surface area contributed by atoms with Crippen molar-refractivity contribution >= 4 is 17.5 Å². The van der Waals surface area contributed by atoms with Gasteiger partial charge in [0, 0.05) is 18.3 Å². The number of likely N-dealkylation sites (N-methyl/N-ethyl adjacent to an activating group) is 1. The van der Waals surface area contributed by atoms with Crippen molar-refractivity contribution in [2.75, 3.05) is 32.0 Å². The number of carbonyl (C=O) groups excluding carboxylic acids is 2. The summed E-state index contributed by atoms with van der Waals surface area (Å²) in [6.07, 6.45) is 0. The van der Waals surface area contributed by atoms with Crippen molar-refractivity contribution in [3.63, 3.8) is 0 Å². The van der Waals surface area contributed by atoms with E-state index in [1.807, 2.05) is 18.7 Å². The van der Waals surface area contributed by atoms with Crippen LogP contribution in [0.25, 0.3) is 0 Å². The molecule has 0 aliphatic heterocycles. The van der Waals surface area contributed by atoms with Crippen LogP contribution in [0.2, 0.25) is 0 Å². The lowest BCUT2D eigenvalue weighted by Gasteiger charge is -2.17. The molecule has 5 nitrogen and oxygen atoms in total. The van der Waals surface area contributed by atoms with Gasteiger partial charge in [-0.05, 0) is 37.4 Å². The minimum atomic E-state index is -0.138. The molecule has 0 heterocycles. The summed E-state index contributed by atoms with van der Waals surface area (Å²) < 4.78 is 0. The summed E-state index contributed by atoms with van der Waals surface area (Å²) in [4.78, 5) is 25.2. The number of amides is 2. The van der Waals surface area contributed by atoms with Crippen molar-refractivity contribution in [2.24, 2.45) is 0 Å². The lowest BCUT2D eigenvalue weighted by Crippen LogP contribution is -2.32. The molecule has 2 N–H and O–H groups in total. The molecule has 2 amide bonds. The van der Waals surface area contributed by atoms with E-state index in [9.17, 15) is 9.59 Å².